The van der Waals surface area contributed by atoms with Gasteiger partial charge in [-0.1, -0.05) is 6.92 Å². The highest BCUT2D eigenvalue weighted by molar-refractivity contribution is 5.92. The van der Waals surface area contributed by atoms with Crippen LogP contribution < -0.4 is 11.1 Å². The van der Waals surface area contributed by atoms with Crippen LogP contribution in [0, 0.1) is 0 Å². The van der Waals surface area contributed by atoms with Crippen molar-refractivity contribution in [2.45, 2.75) is 26.8 Å². The Kier molecular flexibility index (Phi) is 2.99. The van der Waals surface area contributed by atoms with E-state index in [0.717, 1.165) is 29.7 Å². The SMILES string of the molecule is CCCn1c(N)nc2ccc(NC(C)=O)cc21. The number of hydrogen-bond donors (Lipinski definition) is 2. The number of nitrogen functional groups attached to an aromatic ring is 1. The smallest absolute Gasteiger partial charge is 0.221 e. The maximum atomic E-state index is 11.0. The molecule has 2 rings (SSSR count). The molecule has 17 heavy (non-hydrogen) atoms. The molecule has 0 atom stereocenters. The largest absolute Gasteiger partial charge is 0.369 e. The quantitative estimate of drug-likeness (QED) is 0.849. The highest BCUT2D eigenvalue weighted by Crippen LogP contribution is 2.22. The molecule has 0 radical (unpaired) electrons. The molecule has 90 valence electrons. The predicted molar refractivity (Wildman–Crippen MR) is 68.7 cm³/mol. The molecule has 0 spiro atoms. The van der Waals surface area contributed by atoms with Crippen LogP contribution in [0.15, 0.2) is 18.2 Å². The fourth-order valence-corrected chi connectivity index (χ4v) is 1.88. The Morgan fingerprint density at radius 3 is 2.94 bits per heavy atom. The van der Waals surface area contributed by atoms with Crippen LogP contribution in [-0.2, 0) is 11.3 Å². The molecule has 1 heterocycles. The van der Waals surface area contributed by atoms with Gasteiger partial charge in [0.1, 0.15) is 0 Å². The second kappa shape index (κ2) is 4.45. The third-order valence-corrected chi connectivity index (χ3v) is 2.55. The van der Waals surface area contributed by atoms with Crippen LogP contribution in [0.5, 0.6) is 0 Å². The zero-order valence-corrected chi connectivity index (χ0v) is 10.0. The fraction of sp³-hybridized carbons (Fsp3) is 0.333. The number of nitrogens with one attached hydrogen (secondary N) is 1. The van der Waals surface area contributed by atoms with Gasteiger partial charge < -0.3 is 15.6 Å². The monoisotopic (exact) mass is 232 g/mol. The highest BCUT2D eigenvalue weighted by atomic mass is 16.1. The molecule has 0 bridgehead atoms. The maximum Gasteiger partial charge on any atom is 0.221 e. The standard InChI is InChI=1S/C12H16N4O/c1-3-6-16-11-7-9(14-8(2)17)4-5-10(11)15-12(16)13/h4-5,7H,3,6H2,1-2H3,(H2,13,15)(H,14,17). The lowest BCUT2D eigenvalue weighted by Crippen LogP contribution is -2.06. The molecule has 1 aromatic heterocycles. The van der Waals surface area contributed by atoms with Gasteiger partial charge in [-0.2, -0.15) is 0 Å². The second-order valence-electron chi connectivity index (χ2n) is 4.01. The summed E-state index contributed by atoms with van der Waals surface area (Å²) in [6, 6.07) is 5.59. The molecule has 2 aromatic rings. The first-order valence-electron chi connectivity index (χ1n) is 5.65. The van der Waals surface area contributed by atoms with E-state index in [9.17, 15) is 4.79 Å². The van der Waals surface area contributed by atoms with Crippen molar-refractivity contribution in [2.75, 3.05) is 11.1 Å². The fourth-order valence-electron chi connectivity index (χ4n) is 1.88. The number of aromatic nitrogens is 2. The summed E-state index contributed by atoms with van der Waals surface area (Å²) in [5.41, 5.74) is 8.43. The number of aryl methyl sites for hydroxylation is 1. The summed E-state index contributed by atoms with van der Waals surface area (Å²) < 4.78 is 1.96. The van der Waals surface area contributed by atoms with Gasteiger partial charge in [0, 0.05) is 19.2 Å². The van der Waals surface area contributed by atoms with E-state index in [2.05, 4.69) is 17.2 Å². The number of benzene rings is 1. The number of nitrogens with zero attached hydrogens (tertiary/aromatic N) is 2. The van der Waals surface area contributed by atoms with Crippen LogP contribution in [-0.4, -0.2) is 15.5 Å². The molecule has 0 saturated heterocycles. The van der Waals surface area contributed by atoms with Crippen molar-refractivity contribution in [2.24, 2.45) is 0 Å². The number of amides is 1. The maximum absolute atomic E-state index is 11.0. The molecule has 0 unspecified atom stereocenters. The molecule has 5 heteroatoms. The summed E-state index contributed by atoms with van der Waals surface area (Å²) in [7, 11) is 0. The van der Waals surface area contributed by atoms with Gasteiger partial charge in [0.2, 0.25) is 11.9 Å². The van der Waals surface area contributed by atoms with Crippen LogP contribution in [0.4, 0.5) is 11.6 Å². The van der Waals surface area contributed by atoms with Crippen LogP contribution in [0.25, 0.3) is 11.0 Å². The first kappa shape index (κ1) is 11.4. The van der Waals surface area contributed by atoms with Gasteiger partial charge >= 0.3 is 0 Å². The van der Waals surface area contributed by atoms with Crippen molar-refractivity contribution < 1.29 is 4.79 Å². The minimum atomic E-state index is -0.0844. The third kappa shape index (κ3) is 2.22. The van der Waals surface area contributed by atoms with Crippen molar-refractivity contribution in [1.82, 2.24) is 9.55 Å². The Morgan fingerprint density at radius 1 is 1.53 bits per heavy atom. The molecular weight excluding hydrogens is 216 g/mol. The van der Waals surface area contributed by atoms with Crippen LogP contribution >= 0.6 is 0 Å². The van der Waals surface area contributed by atoms with Gasteiger partial charge in [-0.3, -0.25) is 4.79 Å². The number of rotatable bonds is 3. The molecule has 0 aliphatic heterocycles. The highest BCUT2D eigenvalue weighted by Gasteiger charge is 2.08. The van der Waals surface area contributed by atoms with Crippen LogP contribution in [0.3, 0.4) is 0 Å². The van der Waals surface area contributed by atoms with E-state index in [0.29, 0.717) is 5.95 Å². The van der Waals surface area contributed by atoms with Gasteiger partial charge in [-0.25, -0.2) is 4.98 Å². The Morgan fingerprint density at radius 2 is 2.29 bits per heavy atom. The van der Waals surface area contributed by atoms with E-state index in [1.54, 1.807) is 0 Å². The second-order valence-corrected chi connectivity index (χ2v) is 4.01. The van der Waals surface area contributed by atoms with E-state index in [-0.39, 0.29) is 5.91 Å². The number of hydrogen-bond acceptors (Lipinski definition) is 3. The topological polar surface area (TPSA) is 72.9 Å². The molecule has 0 aliphatic rings. The molecule has 3 N–H and O–H groups in total. The molecule has 1 amide bonds. The molecular formula is C12H16N4O. The Balaban J connectivity index is 2.50. The number of imidazole rings is 1. The van der Waals surface area contributed by atoms with Gasteiger partial charge in [0.25, 0.3) is 0 Å². The average Bonchev–Trinajstić information content (AvgIpc) is 2.55. The lowest BCUT2D eigenvalue weighted by atomic mass is 10.2. The zero-order valence-electron chi connectivity index (χ0n) is 10.0. The van der Waals surface area contributed by atoms with E-state index in [1.807, 2.05) is 22.8 Å². The minimum absolute atomic E-state index is 0.0844. The Labute approximate surface area is 99.6 Å². The Bertz CT molecular complexity index is 559. The van der Waals surface area contributed by atoms with Crippen molar-refractivity contribution in [3.8, 4) is 0 Å². The van der Waals surface area contributed by atoms with Gasteiger partial charge in [0.15, 0.2) is 0 Å². The lowest BCUT2D eigenvalue weighted by molar-refractivity contribution is -0.114. The number of carbonyl (C=O) groups is 1. The molecule has 0 fully saturated rings. The van der Waals surface area contributed by atoms with E-state index >= 15 is 0 Å². The predicted octanol–water partition coefficient (Wildman–Crippen LogP) is 1.99. The average molecular weight is 232 g/mol. The Hall–Kier alpha value is -2.04. The summed E-state index contributed by atoms with van der Waals surface area (Å²) in [5, 5.41) is 2.75. The number of carbonyl (C=O) groups excluding carboxylic acids is 1. The van der Waals surface area contributed by atoms with Gasteiger partial charge in [-0.05, 0) is 24.6 Å². The normalized spacial score (nSPS) is 10.7. The zero-order chi connectivity index (χ0) is 12.4. The summed E-state index contributed by atoms with van der Waals surface area (Å²) >= 11 is 0. The summed E-state index contributed by atoms with van der Waals surface area (Å²) in [4.78, 5) is 15.3. The molecule has 0 aliphatic carbocycles. The van der Waals surface area contributed by atoms with Crippen molar-refractivity contribution in [1.29, 1.82) is 0 Å². The summed E-state index contributed by atoms with van der Waals surface area (Å²) in [6.45, 7) is 4.40. The first-order valence-corrected chi connectivity index (χ1v) is 5.65. The lowest BCUT2D eigenvalue weighted by Gasteiger charge is -2.05. The van der Waals surface area contributed by atoms with Gasteiger partial charge in [-0.15, -0.1) is 0 Å². The summed E-state index contributed by atoms with van der Waals surface area (Å²) in [5.74, 6) is 0.431. The van der Waals surface area contributed by atoms with Crippen molar-refractivity contribution in [3.05, 3.63) is 18.2 Å². The van der Waals surface area contributed by atoms with Crippen molar-refractivity contribution in [3.63, 3.8) is 0 Å². The number of fused-ring (bicyclic) bond motifs is 1. The minimum Gasteiger partial charge on any atom is -0.369 e. The van der Waals surface area contributed by atoms with Crippen LogP contribution in [0.2, 0.25) is 0 Å². The molecule has 0 saturated carbocycles. The summed E-state index contributed by atoms with van der Waals surface area (Å²) in [6.07, 6.45) is 0.986. The van der Waals surface area contributed by atoms with Crippen molar-refractivity contribution >= 4 is 28.6 Å². The number of anilines is 2. The van der Waals surface area contributed by atoms with E-state index in [1.165, 1.54) is 6.92 Å². The molecule has 1 aromatic carbocycles. The third-order valence-electron chi connectivity index (χ3n) is 2.55. The van der Waals surface area contributed by atoms with Crippen LogP contribution in [0.1, 0.15) is 20.3 Å². The van der Waals surface area contributed by atoms with E-state index < -0.39 is 0 Å². The van der Waals surface area contributed by atoms with Gasteiger partial charge in [0.05, 0.1) is 11.0 Å². The molecule has 5 nitrogen and oxygen atoms in total. The first-order chi connectivity index (χ1) is 8.11. The van der Waals surface area contributed by atoms with E-state index in [4.69, 9.17) is 5.73 Å². The number of nitrogens with two attached hydrogens (primary N) is 1.